The van der Waals surface area contributed by atoms with Crippen molar-refractivity contribution in [2.24, 2.45) is 4.99 Å². The molecule has 0 unspecified atom stereocenters. The molecule has 1 nitrogen and oxygen atoms in total. The second kappa shape index (κ2) is 8.25. The Balaban J connectivity index is 0. The van der Waals surface area contributed by atoms with Crippen molar-refractivity contribution in [2.75, 3.05) is 0 Å². The summed E-state index contributed by atoms with van der Waals surface area (Å²) >= 11 is 0. The van der Waals surface area contributed by atoms with Crippen molar-refractivity contribution in [1.29, 1.82) is 0 Å². The highest BCUT2D eigenvalue weighted by molar-refractivity contribution is 5.80. The molecule has 0 spiro atoms. The smallest absolute Gasteiger partial charge is 0.0374 e. The second-order valence-electron chi connectivity index (χ2n) is 2.69. The van der Waals surface area contributed by atoms with Gasteiger partial charge in [-0.15, -0.1) is 0 Å². The van der Waals surface area contributed by atoms with Gasteiger partial charge in [0.25, 0.3) is 0 Å². The third-order valence-corrected chi connectivity index (χ3v) is 0.855. The summed E-state index contributed by atoms with van der Waals surface area (Å²) in [5.41, 5.74) is 3.14. The Kier molecular flexibility index (Phi) is 9.43. The van der Waals surface area contributed by atoms with Crippen molar-refractivity contribution in [3.63, 3.8) is 0 Å². The van der Waals surface area contributed by atoms with Crippen LogP contribution in [0.15, 0.2) is 28.9 Å². The zero-order chi connectivity index (χ0) is 10.1. The Morgan fingerprint density at radius 1 is 1.08 bits per heavy atom. The first-order chi connectivity index (χ1) is 5.52. The maximum Gasteiger partial charge on any atom is 0.0374 e. The van der Waals surface area contributed by atoms with E-state index in [1.807, 2.05) is 47.6 Å². The monoisotopic (exact) mass is 167 g/mol. The Morgan fingerprint density at radius 3 is 1.75 bits per heavy atom. The molecule has 70 valence electrons. The molecule has 0 radical (unpaired) electrons. The van der Waals surface area contributed by atoms with Crippen LogP contribution in [0, 0.1) is 0 Å². The zero-order valence-corrected chi connectivity index (χ0v) is 9.23. The van der Waals surface area contributed by atoms with Crippen LogP contribution in [0.2, 0.25) is 0 Å². The predicted octanol–water partition coefficient (Wildman–Crippen LogP) is 3.97. The number of hydrogen-bond acceptors (Lipinski definition) is 1. The lowest BCUT2D eigenvalue weighted by Gasteiger charge is -1.92. The summed E-state index contributed by atoms with van der Waals surface area (Å²) in [5, 5.41) is 0. The van der Waals surface area contributed by atoms with Gasteiger partial charge in [-0.25, -0.2) is 0 Å². The van der Waals surface area contributed by atoms with Crippen molar-refractivity contribution in [2.45, 2.75) is 41.5 Å². The number of hydrogen-bond donors (Lipinski definition) is 0. The molecule has 0 rings (SSSR count). The molecule has 1 heteroatoms. The Bertz CT molecular complexity index is 181. The van der Waals surface area contributed by atoms with E-state index in [0.717, 1.165) is 17.0 Å². The van der Waals surface area contributed by atoms with Crippen LogP contribution in [0.1, 0.15) is 41.5 Å². The van der Waals surface area contributed by atoms with Crippen LogP contribution in [0.25, 0.3) is 0 Å². The van der Waals surface area contributed by atoms with E-state index in [1.165, 1.54) is 0 Å². The molecule has 0 bridgehead atoms. The van der Waals surface area contributed by atoms with E-state index in [9.17, 15) is 0 Å². The van der Waals surface area contributed by atoms with Crippen LogP contribution in [-0.2, 0) is 0 Å². The van der Waals surface area contributed by atoms with Gasteiger partial charge >= 0.3 is 0 Å². The van der Waals surface area contributed by atoms with E-state index in [2.05, 4.69) is 11.6 Å². The van der Waals surface area contributed by atoms with E-state index >= 15 is 0 Å². The summed E-state index contributed by atoms with van der Waals surface area (Å²) in [5.74, 6) is 0. The second-order valence-corrected chi connectivity index (χ2v) is 2.69. The minimum Gasteiger partial charge on any atom is -0.263 e. The van der Waals surface area contributed by atoms with Crippen molar-refractivity contribution in [3.05, 3.63) is 23.9 Å². The lowest BCUT2D eigenvalue weighted by molar-refractivity contribution is 1.27. The quantitative estimate of drug-likeness (QED) is 0.436. The van der Waals surface area contributed by atoms with Gasteiger partial charge in [0.2, 0.25) is 0 Å². The van der Waals surface area contributed by atoms with Gasteiger partial charge in [0, 0.05) is 11.4 Å². The first-order valence-corrected chi connectivity index (χ1v) is 4.38. The van der Waals surface area contributed by atoms with Crippen LogP contribution < -0.4 is 0 Å². The highest BCUT2D eigenvalue weighted by atomic mass is 14.7. The summed E-state index contributed by atoms with van der Waals surface area (Å²) in [6, 6.07) is 0. The van der Waals surface area contributed by atoms with Gasteiger partial charge < -0.3 is 0 Å². The number of nitrogens with zero attached hydrogens (tertiary/aromatic N) is 1. The standard InChI is InChI=1S/C9H15N.C2H6/c1-7(2)6-9(5)10-8(3)4;1-2/h6H,1H2,2-5H3;1-2H3/b9-6-;. The van der Waals surface area contributed by atoms with Crippen molar-refractivity contribution in [3.8, 4) is 0 Å². The van der Waals surface area contributed by atoms with E-state index < -0.39 is 0 Å². The molecule has 0 saturated carbocycles. The van der Waals surface area contributed by atoms with Gasteiger partial charge in [0.15, 0.2) is 0 Å². The largest absolute Gasteiger partial charge is 0.263 e. The number of allylic oxidation sites excluding steroid dienone is 3. The van der Waals surface area contributed by atoms with Gasteiger partial charge in [0.1, 0.15) is 0 Å². The van der Waals surface area contributed by atoms with E-state index in [1.54, 1.807) is 0 Å². The fourth-order valence-electron chi connectivity index (χ4n) is 0.742. The average Bonchev–Trinajstić information content (AvgIpc) is 1.87. The molecule has 12 heavy (non-hydrogen) atoms. The zero-order valence-electron chi connectivity index (χ0n) is 9.23. The maximum absolute atomic E-state index is 4.23. The fraction of sp³-hybridized carbons (Fsp3) is 0.545. The van der Waals surface area contributed by atoms with Crippen LogP contribution in [0.5, 0.6) is 0 Å². The van der Waals surface area contributed by atoms with Gasteiger partial charge in [0.05, 0.1) is 0 Å². The van der Waals surface area contributed by atoms with Crippen LogP contribution in [-0.4, -0.2) is 5.71 Å². The fourth-order valence-corrected chi connectivity index (χ4v) is 0.742. The van der Waals surface area contributed by atoms with Crippen LogP contribution in [0.3, 0.4) is 0 Å². The highest BCUT2D eigenvalue weighted by Gasteiger charge is 1.83. The Labute approximate surface area is 76.9 Å². The SMILES string of the molecule is C=C(C)/C=C(/C)N=C(C)C.CC. The molecule has 0 aliphatic carbocycles. The number of aliphatic imine (C=N–C) groups is 1. The first-order valence-electron chi connectivity index (χ1n) is 4.38. The first kappa shape index (κ1) is 13.7. The molecule has 0 aromatic carbocycles. The summed E-state index contributed by atoms with van der Waals surface area (Å²) < 4.78 is 0. The van der Waals surface area contributed by atoms with Crippen LogP contribution in [0.4, 0.5) is 0 Å². The lowest BCUT2D eigenvalue weighted by Crippen LogP contribution is -1.81. The minimum absolute atomic E-state index is 1.02. The van der Waals surface area contributed by atoms with Crippen LogP contribution >= 0.6 is 0 Å². The third-order valence-electron chi connectivity index (χ3n) is 0.855. The van der Waals surface area contributed by atoms with Gasteiger partial charge in [-0.3, -0.25) is 4.99 Å². The normalized spacial score (nSPS) is 9.67. The van der Waals surface area contributed by atoms with Gasteiger partial charge in [-0.05, 0) is 33.8 Å². The third kappa shape index (κ3) is 11.9. The highest BCUT2D eigenvalue weighted by Crippen LogP contribution is 2.00. The van der Waals surface area contributed by atoms with E-state index in [4.69, 9.17) is 0 Å². The Hall–Kier alpha value is -0.850. The average molecular weight is 167 g/mol. The molecule has 0 aromatic rings. The molecule has 0 aromatic heterocycles. The summed E-state index contributed by atoms with van der Waals surface area (Å²) in [6.07, 6.45) is 1.97. The predicted molar refractivity (Wildman–Crippen MR) is 58.7 cm³/mol. The summed E-state index contributed by atoms with van der Waals surface area (Å²) in [7, 11) is 0. The van der Waals surface area contributed by atoms with Gasteiger partial charge in [-0.2, -0.15) is 0 Å². The molecule has 0 atom stereocenters. The molecular formula is C11H21N. The molecule has 0 aliphatic rings. The molecule has 0 N–H and O–H groups in total. The molecular weight excluding hydrogens is 146 g/mol. The van der Waals surface area contributed by atoms with Crippen molar-refractivity contribution in [1.82, 2.24) is 0 Å². The molecule has 0 amide bonds. The topological polar surface area (TPSA) is 12.4 Å². The van der Waals surface area contributed by atoms with Crippen molar-refractivity contribution >= 4 is 5.71 Å². The maximum atomic E-state index is 4.23. The lowest BCUT2D eigenvalue weighted by atomic mass is 10.3. The number of rotatable bonds is 2. The Morgan fingerprint density at radius 2 is 1.50 bits per heavy atom. The molecule has 0 saturated heterocycles. The summed E-state index contributed by atoms with van der Waals surface area (Å²) in [4.78, 5) is 4.23. The summed E-state index contributed by atoms with van der Waals surface area (Å²) in [6.45, 7) is 15.7. The van der Waals surface area contributed by atoms with Crippen molar-refractivity contribution < 1.29 is 0 Å². The van der Waals surface area contributed by atoms with Gasteiger partial charge in [-0.1, -0.05) is 26.0 Å². The molecule has 0 aliphatic heterocycles. The minimum atomic E-state index is 1.02. The van der Waals surface area contributed by atoms with E-state index in [-0.39, 0.29) is 0 Å². The van der Waals surface area contributed by atoms with E-state index in [0.29, 0.717) is 0 Å². The molecule has 0 heterocycles. The molecule has 0 fully saturated rings.